The maximum absolute atomic E-state index is 13.9. The van der Waals surface area contributed by atoms with E-state index in [-0.39, 0.29) is 18.2 Å². The van der Waals surface area contributed by atoms with Gasteiger partial charge in [0.15, 0.2) is 17.3 Å². The monoisotopic (exact) mass is 420 g/mol. The van der Waals surface area contributed by atoms with Crippen LogP contribution in [0.4, 0.5) is 10.3 Å². The van der Waals surface area contributed by atoms with Crippen LogP contribution >= 0.6 is 0 Å². The number of carbonyl (C=O) groups excluding carboxylic acids is 1. The molecular weight excluding hydrogens is 399 g/mol. The fourth-order valence-corrected chi connectivity index (χ4v) is 4.15. The molecule has 1 N–H and O–H groups in total. The van der Waals surface area contributed by atoms with Gasteiger partial charge < -0.3 is 14.8 Å². The molecule has 0 fully saturated rings. The van der Waals surface area contributed by atoms with E-state index in [9.17, 15) is 9.18 Å². The van der Waals surface area contributed by atoms with Crippen LogP contribution in [-0.4, -0.2) is 27.7 Å². The van der Waals surface area contributed by atoms with E-state index in [0.717, 1.165) is 24.1 Å². The number of carbonyl (C=O) groups is 1. The Morgan fingerprint density at radius 3 is 2.90 bits per heavy atom. The van der Waals surface area contributed by atoms with Crippen LogP contribution < -0.4 is 14.8 Å². The number of halogens is 1. The molecule has 3 aromatic rings. The number of Topliss-reactive ketones (excluding diaryl/α,β-unsaturated/α-hetero) is 1. The minimum absolute atomic E-state index is 0.0801. The number of benzene rings is 2. The predicted molar refractivity (Wildman–Crippen MR) is 111 cm³/mol. The Morgan fingerprint density at radius 2 is 2.06 bits per heavy atom. The zero-order chi connectivity index (χ0) is 21.4. The Kier molecular flexibility index (Phi) is 4.89. The van der Waals surface area contributed by atoms with Crippen LogP contribution in [0.3, 0.4) is 0 Å². The number of rotatable bonds is 5. The van der Waals surface area contributed by atoms with E-state index in [1.165, 1.54) is 12.4 Å². The average molecular weight is 420 g/mol. The van der Waals surface area contributed by atoms with E-state index in [2.05, 4.69) is 15.4 Å². The molecule has 0 saturated heterocycles. The summed E-state index contributed by atoms with van der Waals surface area (Å²) in [6.07, 6.45) is 3.60. The number of nitrogens with one attached hydrogen (secondary N) is 1. The van der Waals surface area contributed by atoms with Gasteiger partial charge in [-0.05, 0) is 36.6 Å². The van der Waals surface area contributed by atoms with Gasteiger partial charge in [-0.1, -0.05) is 24.3 Å². The largest absolute Gasteiger partial charge is 0.493 e. The second kappa shape index (κ2) is 7.86. The molecule has 1 atom stereocenters. The average Bonchev–Trinajstić information content (AvgIpc) is 3.25. The first-order chi connectivity index (χ1) is 15.2. The van der Waals surface area contributed by atoms with E-state index in [1.807, 2.05) is 12.1 Å². The molecule has 0 amide bonds. The van der Waals surface area contributed by atoms with Crippen molar-refractivity contribution < 1.29 is 18.7 Å². The Labute approximate surface area is 178 Å². The molecule has 0 radical (unpaired) electrons. The van der Waals surface area contributed by atoms with Gasteiger partial charge in [-0.25, -0.2) is 9.07 Å². The van der Waals surface area contributed by atoms with Gasteiger partial charge in [-0.3, -0.25) is 4.79 Å². The molecule has 1 aromatic heterocycles. The highest BCUT2D eigenvalue weighted by molar-refractivity contribution is 5.99. The van der Waals surface area contributed by atoms with Crippen molar-refractivity contribution in [2.75, 3.05) is 12.4 Å². The summed E-state index contributed by atoms with van der Waals surface area (Å²) in [4.78, 5) is 17.1. The van der Waals surface area contributed by atoms with Crippen LogP contribution in [0.1, 0.15) is 36.4 Å². The summed E-state index contributed by atoms with van der Waals surface area (Å²) in [7, 11) is 1.55. The maximum atomic E-state index is 13.9. The standard InChI is InChI=1S/C23H21FN4O3/c1-30-20-11-14(9-10-19(20)31-12-15-5-2-3-6-16(15)24)22-21-17(7-4-8-18(21)29)27-23-25-13-26-28(22)23/h2-3,5-6,9-11,13,22H,4,7-8,12H2,1H3,(H,25,26,27)/t22-/m1/s1. The van der Waals surface area contributed by atoms with Crippen molar-refractivity contribution in [3.8, 4) is 11.5 Å². The third-order valence-electron chi connectivity index (χ3n) is 5.65. The summed E-state index contributed by atoms with van der Waals surface area (Å²) in [5.74, 6) is 1.39. The number of allylic oxidation sites excluding steroid dienone is 2. The first kappa shape index (κ1) is 19.3. The maximum Gasteiger partial charge on any atom is 0.226 e. The SMILES string of the molecule is COc1cc([C@@H]2C3=C(CCCC3=O)Nc3ncnn32)ccc1OCc1ccccc1F. The molecule has 7 nitrogen and oxygen atoms in total. The van der Waals surface area contributed by atoms with Crippen molar-refractivity contribution in [1.29, 1.82) is 0 Å². The number of hydrogen-bond acceptors (Lipinski definition) is 6. The molecule has 0 spiro atoms. The molecule has 2 aromatic carbocycles. The van der Waals surface area contributed by atoms with Crippen LogP contribution in [0.15, 0.2) is 60.1 Å². The lowest BCUT2D eigenvalue weighted by Gasteiger charge is -2.32. The number of nitrogens with zero attached hydrogens (tertiary/aromatic N) is 3. The van der Waals surface area contributed by atoms with Gasteiger partial charge in [-0.2, -0.15) is 10.1 Å². The Bertz CT molecular complexity index is 1190. The number of fused-ring (bicyclic) bond motifs is 1. The predicted octanol–water partition coefficient (Wildman–Crippen LogP) is 4.03. The number of hydrogen-bond donors (Lipinski definition) is 1. The van der Waals surface area contributed by atoms with E-state index < -0.39 is 6.04 Å². The summed E-state index contributed by atoms with van der Waals surface area (Å²) in [5, 5.41) is 7.60. The van der Waals surface area contributed by atoms with Crippen LogP contribution in [0.5, 0.6) is 11.5 Å². The van der Waals surface area contributed by atoms with Crippen molar-refractivity contribution in [3.05, 3.63) is 77.0 Å². The minimum Gasteiger partial charge on any atom is -0.493 e. The highest BCUT2D eigenvalue weighted by Crippen LogP contribution is 2.41. The molecule has 2 heterocycles. The molecule has 0 unspecified atom stereocenters. The fraction of sp³-hybridized carbons (Fsp3) is 0.261. The van der Waals surface area contributed by atoms with Crippen LogP contribution in [0, 0.1) is 5.82 Å². The molecule has 5 rings (SSSR count). The highest BCUT2D eigenvalue weighted by Gasteiger charge is 2.36. The van der Waals surface area contributed by atoms with Gasteiger partial charge >= 0.3 is 0 Å². The van der Waals surface area contributed by atoms with Crippen molar-refractivity contribution in [1.82, 2.24) is 14.8 Å². The molecule has 31 heavy (non-hydrogen) atoms. The van der Waals surface area contributed by atoms with Gasteiger partial charge in [-0.15, -0.1) is 0 Å². The summed E-state index contributed by atoms with van der Waals surface area (Å²) in [6, 6.07) is 11.6. The Hall–Kier alpha value is -3.68. The van der Waals surface area contributed by atoms with Gasteiger partial charge in [0.05, 0.1) is 7.11 Å². The Balaban J connectivity index is 1.50. The van der Waals surface area contributed by atoms with Crippen LogP contribution in [-0.2, 0) is 11.4 Å². The minimum atomic E-state index is -0.393. The fourth-order valence-electron chi connectivity index (χ4n) is 4.15. The molecule has 1 aliphatic carbocycles. The van der Waals surface area contributed by atoms with E-state index >= 15 is 0 Å². The second-order valence-corrected chi connectivity index (χ2v) is 7.52. The first-order valence-corrected chi connectivity index (χ1v) is 10.1. The molecule has 0 bridgehead atoms. The highest BCUT2D eigenvalue weighted by atomic mass is 19.1. The zero-order valence-electron chi connectivity index (χ0n) is 17.0. The van der Waals surface area contributed by atoms with E-state index in [1.54, 1.807) is 36.1 Å². The second-order valence-electron chi connectivity index (χ2n) is 7.52. The number of aromatic nitrogens is 3. The smallest absolute Gasteiger partial charge is 0.226 e. The van der Waals surface area contributed by atoms with Gasteiger partial charge in [0, 0.05) is 23.3 Å². The van der Waals surface area contributed by atoms with E-state index in [4.69, 9.17) is 9.47 Å². The number of methoxy groups -OCH3 is 1. The van der Waals surface area contributed by atoms with E-state index in [0.29, 0.717) is 35.0 Å². The summed E-state index contributed by atoms with van der Waals surface area (Å²) < 4.78 is 27.0. The van der Waals surface area contributed by atoms with Crippen LogP contribution in [0.25, 0.3) is 0 Å². The zero-order valence-corrected chi connectivity index (χ0v) is 17.0. The summed E-state index contributed by atoms with van der Waals surface area (Å²) >= 11 is 0. The lowest BCUT2D eigenvalue weighted by atomic mass is 9.85. The van der Waals surface area contributed by atoms with Crippen LogP contribution in [0.2, 0.25) is 0 Å². The van der Waals surface area contributed by atoms with Crippen molar-refractivity contribution in [3.63, 3.8) is 0 Å². The van der Waals surface area contributed by atoms with Crippen molar-refractivity contribution in [2.45, 2.75) is 31.9 Å². The number of ketones is 1. The van der Waals surface area contributed by atoms with Crippen molar-refractivity contribution >= 4 is 11.7 Å². The Morgan fingerprint density at radius 1 is 1.19 bits per heavy atom. The lowest BCUT2D eigenvalue weighted by molar-refractivity contribution is -0.116. The van der Waals surface area contributed by atoms with Gasteiger partial charge in [0.1, 0.15) is 24.8 Å². The summed E-state index contributed by atoms with van der Waals surface area (Å²) in [5.41, 5.74) is 2.92. The summed E-state index contributed by atoms with van der Waals surface area (Å²) in [6.45, 7) is 0.0801. The number of anilines is 1. The van der Waals surface area contributed by atoms with Gasteiger partial charge in [0.25, 0.3) is 0 Å². The van der Waals surface area contributed by atoms with Gasteiger partial charge in [0.2, 0.25) is 5.95 Å². The molecule has 0 saturated carbocycles. The molecule has 158 valence electrons. The third-order valence-corrected chi connectivity index (χ3v) is 5.65. The molecular formula is C23H21FN4O3. The first-order valence-electron chi connectivity index (χ1n) is 10.1. The topological polar surface area (TPSA) is 78.3 Å². The quantitative estimate of drug-likeness (QED) is 0.672. The normalized spacial score (nSPS) is 17.6. The molecule has 1 aliphatic heterocycles. The lowest BCUT2D eigenvalue weighted by Crippen LogP contribution is -2.31. The number of ether oxygens (including phenoxy) is 2. The molecule has 8 heteroatoms. The third kappa shape index (κ3) is 3.43. The van der Waals surface area contributed by atoms with Crippen molar-refractivity contribution in [2.24, 2.45) is 0 Å². The molecule has 2 aliphatic rings.